The van der Waals surface area contributed by atoms with E-state index in [0.29, 0.717) is 17.7 Å². The highest BCUT2D eigenvalue weighted by atomic mass is 16.1. The molecular formula is C16H22N2O. The second-order valence-corrected chi connectivity index (χ2v) is 4.71. The third-order valence-electron chi connectivity index (χ3n) is 2.85. The molecular weight excluding hydrogens is 236 g/mol. The van der Waals surface area contributed by atoms with E-state index in [-0.39, 0.29) is 0 Å². The molecule has 1 amide bonds. The molecule has 0 aromatic heterocycles. The van der Waals surface area contributed by atoms with Crippen LogP contribution in [0.15, 0.2) is 53.3 Å². The Hall–Kier alpha value is -2.03. The lowest BCUT2D eigenvalue weighted by atomic mass is 10.0. The number of hydrogen-bond acceptors (Lipinski definition) is 2. The van der Waals surface area contributed by atoms with E-state index < -0.39 is 5.91 Å². The quantitative estimate of drug-likeness (QED) is 0.608. The molecule has 1 aromatic carbocycles. The normalized spacial score (nSPS) is 13.1. The molecule has 0 unspecified atom stereocenters. The van der Waals surface area contributed by atoms with E-state index in [9.17, 15) is 4.79 Å². The SMILES string of the molecule is CCC/C(N)=C(\C=C(/C)Cc1ccccc1)C(N)=O. The van der Waals surface area contributed by atoms with Crippen LogP contribution in [0.25, 0.3) is 0 Å². The van der Waals surface area contributed by atoms with Gasteiger partial charge in [-0.15, -0.1) is 0 Å². The number of allylic oxidation sites excluding steroid dienone is 2. The Kier molecular flexibility index (Phi) is 5.86. The molecule has 0 spiro atoms. The van der Waals surface area contributed by atoms with E-state index in [4.69, 9.17) is 11.5 Å². The number of hydrogen-bond donors (Lipinski definition) is 2. The monoisotopic (exact) mass is 258 g/mol. The van der Waals surface area contributed by atoms with E-state index in [2.05, 4.69) is 12.1 Å². The third-order valence-corrected chi connectivity index (χ3v) is 2.85. The van der Waals surface area contributed by atoms with Crippen LogP contribution in [0.2, 0.25) is 0 Å². The van der Waals surface area contributed by atoms with Crippen molar-refractivity contribution in [3.63, 3.8) is 0 Å². The summed E-state index contributed by atoms with van der Waals surface area (Å²) < 4.78 is 0. The molecule has 102 valence electrons. The van der Waals surface area contributed by atoms with Gasteiger partial charge in [-0.3, -0.25) is 4.79 Å². The summed E-state index contributed by atoms with van der Waals surface area (Å²) in [4.78, 5) is 11.4. The second kappa shape index (κ2) is 7.41. The van der Waals surface area contributed by atoms with Gasteiger partial charge in [0.2, 0.25) is 5.91 Å². The first-order chi connectivity index (χ1) is 9.04. The molecule has 0 radical (unpaired) electrons. The van der Waals surface area contributed by atoms with Crippen LogP contribution < -0.4 is 11.5 Å². The Labute approximate surface area is 115 Å². The van der Waals surface area contributed by atoms with Crippen molar-refractivity contribution in [3.8, 4) is 0 Å². The number of carbonyl (C=O) groups is 1. The van der Waals surface area contributed by atoms with E-state index in [0.717, 1.165) is 18.4 Å². The molecule has 0 saturated carbocycles. The van der Waals surface area contributed by atoms with Crippen LogP contribution in [0, 0.1) is 0 Å². The van der Waals surface area contributed by atoms with Crippen molar-refractivity contribution in [1.82, 2.24) is 0 Å². The molecule has 0 bridgehead atoms. The van der Waals surface area contributed by atoms with Crippen molar-refractivity contribution in [1.29, 1.82) is 0 Å². The summed E-state index contributed by atoms with van der Waals surface area (Å²) in [6.07, 6.45) is 4.18. The first-order valence-electron chi connectivity index (χ1n) is 6.54. The van der Waals surface area contributed by atoms with Crippen molar-refractivity contribution < 1.29 is 4.79 Å². The molecule has 1 rings (SSSR count). The molecule has 0 aliphatic heterocycles. The van der Waals surface area contributed by atoms with Crippen LogP contribution in [0.3, 0.4) is 0 Å². The minimum absolute atomic E-state index is 0.440. The van der Waals surface area contributed by atoms with Crippen molar-refractivity contribution >= 4 is 5.91 Å². The predicted octanol–water partition coefficient (Wildman–Crippen LogP) is 2.67. The zero-order valence-corrected chi connectivity index (χ0v) is 11.6. The summed E-state index contributed by atoms with van der Waals surface area (Å²) in [7, 11) is 0. The molecule has 0 heterocycles. The fraction of sp³-hybridized carbons (Fsp3) is 0.312. The molecule has 0 atom stereocenters. The third kappa shape index (κ3) is 5.00. The van der Waals surface area contributed by atoms with E-state index >= 15 is 0 Å². The second-order valence-electron chi connectivity index (χ2n) is 4.71. The van der Waals surface area contributed by atoms with Crippen LogP contribution in [0.1, 0.15) is 32.3 Å². The van der Waals surface area contributed by atoms with Gasteiger partial charge in [-0.05, 0) is 31.4 Å². The molecule has 3 nitrogen and oxygen atoms in total. The lowest BCUT2D eigenvalue weighted by Gasteiger charge is -2.07. The van der Waals surface area contributed by atoms with Gasteiger partial charge < -0.3 is 11.5 Å². The topological polar surface area (TPSA) is 69.1 Å². The lowest BCUT2D eigenvalue weighted by molar-refractivity contribution is -0.114. The molecule has 19 heavy (non-hydrogen) atoms. The average Bonchev–Trinajstić information content (AvgIpc) is 2.37. The highest BCUT2D eigenvalue weighted by Gasteiger charge is 2.07. The number of amides is 1. The van der Waals surface area contributed by atoms with Gasteiger partial charge in [0.1, 0.15) is 0 Å². The van der Waals surface area contributed by atoms with Crippen LogP contribution >= 0.6 is 0 Å². The summed E-state index contributed by atoms with van der Waals surface area (Å²) in [5, 5.41) is 0. The van der Waals surface area contributed by atoms with Gasteiger partial charge in [0.05, 0.1) is 5.57 Å². The Morgan fingerprint density at radius 3 is 2.37 bits per heavy atom. The summed E-state index contributed by atoms with van der Waals surface area (Å²) in [5.41, 5.74) is 14.6. The Morgan fingerprint density at radius 1 is 1.21 bits per heavy atom. The zero-order chi connectivity index (χ0) is 14.3. The van der Waals surface area contributed by atoms with Crippen molar-refractivity contribution in [2.45, 2.75) is 33.1 Å². The minimum Gasteiger partial charge on any atom is -0.401 e. The van der Waals surface area contributed by atoms with E-state index in [1.54, 1.807) is 6.08 Å². The summed E-state index contributed by atoms with van der Waals surface area (Å²) in [6, 6.07) is 10.1. The highest BCUT2D eigenvalue weighted by Crippen LogP contribution is 2.13. The zero-order valence-electron chi connectivity index (χ0n) is 11.6. The number of benzene rings is 1. The van der Waals surface area contributed by atoms with Gasteiger partial charge in [-0.1, -0.05) is 49.2 Å². The maximum atomic E-state index is 11.4. The standard InChI is InChI=1S/C16H22N2O/c1-3-7-15(17)14(16(18)19)11-12(2)10-13-8-5-4-6-9-13/h4-6,8-9,11H,3,7,10,17H2,1-2H3,(H2,18,19)/b12-11+,15-14-. The highest BCUT2D eigenvalue weighted by molar-refractivity contribution is 5.95. The van der Waals surface area contributed by atoms with E-state index in [1.165, 1.54) is 5.56 Å². The summed E-state index contributed by atoms with van der Waals surface area (Å²) >= 11 is 0. The molecule has 1 aromatic rings. The summed E-state index contributed by atoms with van der Waals surface area (Å²) in [5.74, 6) is -0.460. The maximum Gasteiger partial charge on any atom is 0.250 e. The first-order valence-corrected chi connectivity index (χ1v) is 6.54. The molecule has 0 aliphatic carbocycles. The Morgan fingerprint density at radius 2 is 1.84 bits per heavy atom. The number of rotatable bonds is 6. The Balaban J connectivity index is 2.91. The summed E-state index contributed by atoms with van der Waals surface area (Å²) in [6.45, 7) is 4.00. The Bertz CT molecular complexity index is 487. The first kappa shape index (κ1) is 15.0. The smallest absolute Gasteiger partial charge is 0.250 e. The van der Waals surface area contributed by atoms with Crippen molar-refractivity contribution in [2.24, 2.45) is 11.5 Å². The minimum atomic E-state index is -0.460. The largest absolute Gasteiger partial charge is 0.401 e. The molecule has 3 heteroatoms. The van der Waals surface area contributed by atoms with E-state index in [1.807, 2.05) is 32.0 Å². The van der Waals surface area contributed by atoms with Gasteiger partial charge in [0.15, 0.2) is 0 Å². The lowest BCUT2D eigenvalue weighted by Crippen LogP contribution is -2.18. The fourth-order valence-corrected chi connectivity index (χ4v) is 1.94. The average molecular weight is 258 g/mol. The molecule has 0 aliphatic rings. The van der Waals surface area contributed by atoms with Crippen molar-refractivity contribution in [3.05, 3.63) is 58.8 Å². The number of carbonyl (C=O) groups excluding carboxylic acids is 1. The van der Waals surface area contributed by atoms with Crippen LogP contribution in [0.5, 0.6) is 0 Å². The molecule has 0 fully saturated rings. The van der Waals surface area contributed by atoms with Gasteiger partial charge in [0, 0.05) is 5.70 Å². The number of primary amides is 1. The van der Waals surface area contributed by atoms with Gasteiger partial charge in [-0.25, -0.2) is 0 Å². The molecule has 4 N–H and O–H groups in total. The van der Waals surface area contributed by atoms with Gasteiger partial charge >= 0.3 is 0 Å². The van der Waals surface area contributed by atoms with Gasteiger partial charge in [0.25, 0.3) is 0 Å². The number of nitrogens with two attached hydrogens (primary N) is 2. The van der Waals surface area contributed by atoms with Crippen LogP contribution in [0.4, 0.5) is 0 Å². The maximum absolute atomic E-state index is 11.4. The van der Waals surface area contributed by atoms with Crippen LogP contribution in [-0.4, -0.2) is 5.91 Å². The van der Waals surface area contributed by atoms with Crippen LogP contribution in [-0.2, 0) is 11.2 Å². The predicted molar refractivity (Wildman–Crippen MR) is 79.2 cm³/mol. The van der Waals surface area contributed by atoms with Crippen molar-refractivity contribution in [2.75, 3.05) is 0 Å². The molecule has 0 saturated heterocycles. The van der Waals surface area contributed by atoms with Gasteiger partial charge in [-0.2, -0.15) is 0 Å². The fourth-order valence-electron chi connectivity index (χ4n) is 1.94.